The van der Waals surface area contributed by atoms with Crippen molar-refractivity contribution in [2.24, 2.45) is 0 Å². The molecule has 2 rings (SSSR count). The van der Waals surface area contributed by atoms with Crippen LogP contribution in [0.1, 0.15) is 11.3 Å². The number of halogens is 2. The van der Waals surface area contributed by atoms with E-state index in [0.717, 1.165) is 26.6 Å². The maximum atomic E-state index is 6.13. The summed E-state index contributed by atoms with van der Waals surface area (Å²) in [5, 5.41) is 4.00. The summed E-state index contributed by atoms with van der Waals surface area (Å²) >= 11 is 9.48. The van der Waals surface area contributed by atoms with Crippen molar-refractivity contribution in [3.8, 4) is 0 Å². The molecule has 0 spiro atoms. The predicted molar refractivity (Wildman–Crippen MR) is 75.5 cm³/mol. The molecule has 0 aliphatic rings. The fourth-order valence-corrected chi connectivity index (χ4v) is 2.18. The number of anilines is 1. The summed E-state index contributed by atoms with van der Waals surface area (Å²) in [5.41, 5.74) is 3.05. The zero-order valence-corrected chi connectivity index (χ0v) is 11.7. The maximum absolute atomic E-state index is 6.13. The first kappa shape index (κ1) is 12.4. The first-order chi connectivity index (χ1) is 8.15. The number of hydrogen-bond acceptors (Lipinski definition) is 2. The third-order valence-corrected chi connectivity index (χ3v) is 3.11. The summed E-state index contributed by atoms with van der Waals surface area (Å²) < 4.78 is 0.840. The van der Waals surface area contributed by atoms with Crippen LogP contribution in [0.3, 0.4) is 0 Å². The van der Waals surface area contributed by atoms with Gasteiger partial charge in [-0.2, -0.15) is 0 Å². The van der Waals surface area contributed by atoms with Gasteiger partial charge in [0.15, 0.2) is 0 Å². The molecule has 0 fully saturated rings. The van der Waals surface area contributed by atoms with E-state index in [1.807, 2.05) is 43.3 Å². The molecule has 0 radical (unpaired) electrons. The molecule has 1 heterocycles. The van der Waals surface area contributed by atoms with Crippen LogP contribution in [0.5, 0.6) is 0 Å². The molecule has 88 valence electrons. The molecule has 4 heteroatoms. The Morgan fingerprint density at radius 3 is 2.82 bits per heavy atom. The maximum Gasteiger partial charge on any atom is 0.106 e. The van der Waals surface area contributed by atoms with E-state index in [9.17, 15) is 0 Å². The van der Waals surface area contributed by atoms with Crippen LogP contribution in [0.25, 0.3) is 0 Å². The highest BCUT2D eigenvalue weighted by Crippen LogP contribution is 2.23. The molecule has 0 atom stereocenters. The molecule has 0 saturated carbocycles. The summed E-state index contributed by atoms with van der Waals surface area (Å²) in [6.45, 7) is 2.67. The van der Waals surface area contributed by atoms with Crippen molar-refractivity contribution in [1.82, 2.24) is 4.98 Å². The lowest BCUT2D eigenvalue weighted by Gasteiger charge is -2.08. The Hall–Kier alpha value is -1.06. The van der Waals surface area contributed by atoms with E-state index in [2.05, 4.69) is 26.2 Å². The average molecular weight is 312 g/mol. The van der Waals surface area contributed by atoms with E-state index < -0.39 is 0 Å². The highest BCUT2D eigenvalue weighted by molar-refractivity contribution is 9.10. The second-order valence-corrected chi connectivity index (χ2v) is 5.01. The summed E-state index contributed by atoms with van der Waals surface area (Å²) in [6.07, 6.45) is 0. The van der Waals surface area contributed by atoms with Crippen molar-refractivity contribution in [2.75, 3.05) is 5.32 Å². The SMILES string of the molecule is Cc1ccc(NCc2cccc(Br)n2)c(Cl)c1. The van der Waals surface area contributed by atoms with Crippen molar-refractivity contribution >= 4 is 33.2 Å². The molecule has 0 aliphatic heterocycles. The largest absolute Gasteiger partial charge is 0.378 e. The van der Waals surface area contributed by atoms with Gasteiger partial charge in [-0.25, -0.2) is 4.98 Å². The van der Waals surface area contributed by atoms with Crippen LogP contribution in [0.15, 0.2) is 41.0 Å². The van der Waals surface area contributed by atoms with Crippen molar-refractivity contribution in [3.63, 3.8) is 0 Å². The van der Waals surface area contributed by atoms with Crippen LogP contribution < -0.4 is 5.32 Å². The third kappa shape index (κ3) is 3.45. The topological polar surface area (TPSA) is 24.9 Å². The minimum Gasteiger partial charge on any atom is -0.378 e. The van der Waals surface area contributed by atoms with Crippen molar-refractivity contribution in [1.29, 1.82) is 0 Å². The number of nitrogens with zero attached hydrogens (tertiary/aromatic N) is 1. The van der Waals surface area contributed by atoms with E-state index in [0.29, 0.717) is 6.54 Å². The summed E-state index contributed by atoms with van der Waals surface area (Å²) in [6, 6.07) is 11.8. The van der Waals surface area contributed by atoms with Crippen LogP contribution in [0, 0.1) is 6.92 Å². The van der Waals surface area contributed by atoms with E-state index in [1.165, 1.54) is 0 Å². The number of benzene rings is 1. The van der Waals surface area contributed by atoms with Crippen LogP contribution in [-0.2, 0) is 6.54 Å². The van der Waals surface area contributed by atoms with Crippen LogP contribution >= 0.6 is 27.5 Å². The Morgan fingerprint density at radius 1 is 1.29 bits per heavy atom. The van der Waals surface area contributed by atoms with E-state index >= 15 is 0 Å². The predicted octanol–water partition coefficient (Wildman–Crippen LogP) is 4.42. The Balaban J connectivity index is 2.07. The Bertz CT molecular complexity index is 529. The zero-order valence-electron chi connectivity index (χ0n) is 9.37. The monoisotopic (exact) mass is 310 g/mol. The van der Waals surface area contributed by atoms with Gasteiger partial charge in [0, 0.05) is 0 Å². The van der Waals surface area contributed by atoms with E-state index in [1.54, 1.807) is 0 Å². The fourth-order valence-electron chi connectivity index (χ4n) is 1.50. The minimum absolute atomic E-state index is 0.655. The summed E-state index contributed by atoms with van der Waals surface area (Å²) in [5.74, 6) is 0. The van der Waals surface area contributed by atoms with Gasteiger partial charge in [0.2, 0.25) is 0 Å². The quantitative estimate of drug-likeness (QED) is 0.849. The Labute approximate surface area is 114 Å². The molecule has 0 bridgehead atoms. The number of hydrogen-bond donors (Lipinski definition) is 1. The lowest BCUT2D eigenvalue weighted by Crippen LogP contribution is -2.02. The van der Waals surface area contributed by atoms with Crippen LogP contribution in [0.2, 0.25) is 5.02 Å². The van der Waals surface area contributed by atoms with E-state index in [-0.39, 0.29) is 0 Å². The molecule has 0 saturated heterocycles. The highest BCUT2D eigenvalue weighted by Gasteiger charge is 2.01. The summed E-state index contributed by atoms with van der Waals surface area (Å²) in [7, 11) is 0. The number of pyridine rings is 1. The second-order valence-electron chi connectivity index (χ2n) is 3.79. The molecule has 0 amide bonds. The second kappa shape index (κ2) is 5.52. The minimum atomic E-state index is 0.655. The molecular formula is C13H12BrClN2. The van der Waals surface area contributed by atoms with Gasteiger partial charge in [0.25, 0.3) is 0 Å². The van der Waals surface area contributed by atoms with Crippen LogP contribution in [-0.4, -0.2) is 4.98 Å². The molecule has 2 aromatic rings. The lowest BCUT2D eigenvalue weighted by molar-refractivity contribution is 1.03. The highest BCUT2D eigenvalue weighted by atomic mass is 79.9. The molecule has 0 unspecified atom stereocenters. The van der Waals surface area contributed by atoms with Gasteiger partial charge in [-0.15, -0.1) is 0 Å². The van der Waals surface area contributed by atoms with Crippen molar-refractivity contribution < 1.29 is 0 Å². The Kier molecular flexibility index (Phi) is 4.02. The zero-order chi connectivity index (χ0) is 12.3. The van der Waals surface area contributed by atoms with Gasteiger partial charge in [-0.1, -0.05) is 23.7 Å². The average Bonchev–Trinajstić information content (AvgIpc) is 2.28. The Morgan fingerprint density at radius 2 is 2.12 bits per heavy atom. The molecule has 0 aliphatic carbocycles. The first-order valence-electron chi connectivity index (χ1n) is 5.26. The van der Waals surface area contributed by atoms with E-state index in [4.69, 9.17) is 11.6 Å². The molecule has 1 aromatic heterocycles. The number of rotatable bonds is 3. The molecule has 1 N–H and O–H groups in total. The van der Waals surface area contributed by atoms with Gasteiger partial charge < -0.3 is 5.32 Å². The van der Waals surface area contributed by atoms with Crippen LogP contribution in [0.4, 0.5) is 5.69 Å². The van der Waals surface area contributed by atoms with Gasteiger partial charge >= 0.3 is 0 Å². The van der Waals surface area contributed by atoms with Gasteiger partial charge in [-0.05, 0) is 52.7 Å². The smallest absolute Gasteiger partial charge is 0.106 e. The van der Waals surface area contributed by atoms with Gasteiger partial charge in [-0.3, -0.25) is 0 Å². The molecular weight excluding hydrogens is 300 g/mol. The molecule has 1 aromatic carbocycles. The number of nitrogens with one attached hydrogen (secondary N) is 1. The van der Waals surface area contributed by atoms with Crippen molar-refractivity contribution in [3.05, 3.63) is 57.3 Å². The fraction of sp³-hybridized carbons (Fsp3) is 0.154. The molecule has 2 nitrogen and oxygen atoms in total. The van der Waals surface area contributed by atoms with Gasteiger partial charge in [0.1, 0.15) is 4.60 Å². The summed E-state index contributed by atoms with van der Waals surface area (Å²) in [4.78, 5) is 4.35. The molecule has 17 heavy (non-hydrogen) atoms. The normalized spacial score (nSPS) is 10.3. The third-order valence-electron chi connectivity index (χ3n) is 2.36. The first-order valence-corrected chi connectivity index (χ1v) is 6.44. The number of aromatic nitrogens is 1. The van der Waals surface area contributed by atoms with Crippen molar-refractivity contribution in [2.45, 2.75) is 13.5 Å². The number of aryl methyl sites for hydroxylation is 1. The standard InChI is InChI=1S/C13H12BrClN2/c1-9-5-6-12(11(15)7-9)16-8-10-3-2-4-13(14)17-10/h2-7,16H,8H2,1H3. The van der Waals surface area contributed by atoms with Gasteiger partial charge in [0.05, 0.1) is 22.9 Å². The lowest BCUT2D eigenvalue weighted by atomic mass is 10.2.